The van der Waals surface area contributed by atoms with Crippen molar-refractivity contribution in [2.75, 3.05) is 6.54 Å². The van der Waals surface area contributed by atoms with Gasteiger partial charge < -0.3 is 9.47 Å². The average molecular weight is 440 g/mol. The summed E-state index contributed by atoms with van der Waals surface area (Å²) in [7, 11) is 0. The van der Waals surface area contributed by atoms with E-state index >= 15 is 0 Å². The maximum atomic E-state index is 13.0. The van der Waals surface area contributed by atoms with E-state index in [1.54, 1.807) is 35.4 Å². The molecule has 10 heteroatoms. The predicted octanol–water partition coefficient (Wildman–Crippen LogP) is 3.69. The van der Waals surface area contributed by atoms with Crippen molar-refractivity contribution in [3.8, 4) is 22.8 Å². The molecule has 0 atom stereocenters. The minimum absolute atomic E-state index is 0.151. The minimum atomic E-state index is -0.151. The fourth-order valence-corrected chi connectivity index (χ4v) is 3.72. The van der Waals surface area contributed by atoms with Crippen LogP contribution in [-0.2, 0) is 13.1 Å². The van der Waals surface area contributed by atoms with E-state index in [2.05, 4.69) is 25.4 Å². The Balaban J connectivity index is 1.36. The van der Waals surface area contributed by atoms with Crippen LogP contribution in [-0.4, -0.2) is 47.3 Å². The maximum Gasteiger partial charge on any atom is 0.272 e. The van der Waals surface area contributed by atoms with Crippen molar-refractivity contribution in [1.29, 1.82) is 0 Å². The van der Waals surface area contributed by atoms with E-state index in [1.165, 1.54) is 0 Å². The number of aromatic amines is 1. The van der Waals surface area contributed by atoms with Crippen LogP contribution in [0.2, 0.25) is 10.0 Å². The van der Waals surface area contributed by atoms with Crippen molar-refractivity contribution in [3.63, 3.8) is 0 Å². The first kappa shape index (κ1) is 18.8. The molecular formula is C20H15Cl2N7O. The van der Waals surface area contributed by atoms with Gasteiger partial charge in [-0.15, -0.1) is 10.2 Å². The van der Waals surface area contributed by atoms with Crippen LogP contribution in [0.5, 0.6) is 0 Å². The fraction of sp³-hybridized carbons (Fsp3) is 0.150. The number of hydrogen-bond acceptors (Lipinski definition) is 5. The van der Waals surface area contributed by atoms with Crippen LogP contribution in [0, 0.1) is 0 Å². The SMILES string of the molecule is O=C(c1cc(-c2ccc(Cl)c(Cl)c2)n[nH]1)N1CCn2c(nnc2-c2ccccn2)C1. The van der Waals surface area contributed by atoms with Gasteiger partial charge in [-0.25, -0.2) is 0 Å². The summed E-state index contributed by atoms with van der Waals surface area (Å²) in [6, 6.07) is 12.6. The summed E-state index contributed by atoms with van der Waals surface area (Å²) < 4.78 is 2.00. The van der Waals surface area contributed by atoms with Gasteiger partial charge in [0, 0.05) is 24.8 Å². The van der Waals surface area contributed by atoms with Crippen LogP contribution in [0.25, 0.3) is 22.8 Å². The first-order valence-electron chi connectivity index (χ1n) is 9.24. The van der Waals surface area contributed by atoms with Crippen molar-refractivity contribution in [1.82, 2.24) is 34.8 Å². The van der Waals surface area contributed by atoms with Crippen molar-refractivity contribution in [2.24, 2.45) is 0 Å². The molecule has 30 heavy (non-hydrogen) atoms. The number of carbonyl (C=O) groups excluding carboxylic acids is 1. The molecule has 0 saturated heterocycles. The van der Waals surface area contributed by atoms with Gasteiger partial charge in [0.2, 0.25) is 0 Å². The third-order valence-electron chi connectivity index (χ3n) is 4.96. The zero-order chi connectivity index (χ0) is 20.7. The molecule has 1 N–H and O–H groups in total. The summed E-state index contributed by atoms with van der Waals surface area (Å²) in [4.78, 5) is 19.0. The summed E-state index contributed by atoms with van der Waals surface area (Å²) in [5.41, 5.74) is 2.55. The van der Waals surface area contributed by atoms with Gasteiger partial charge >= 0.3 is 0 Å². The third-order valence-corrected chi connectivity index (χ3v) is 5.70. The second kappa shape index (κ2) is 7.55. The Labute approximate surface area is 181 Å². The Morgan fingerprint density at radius 2 is 1.90 bits per heavy atom. The van der Waals surface area contributed by atoms with Crippen LogP contribution < -0.4 is 0 Å². The second-order valence-corrected chi connectivity index (χ2v) is 7.64. The highest BCUT2D eigenvalue weighted by Gasteiger charge is 2.27. The highest BCUT2D eigenvalue weighted by Crippen LogP contribution is 2.28. The molecule has 0 fully saturated rings. The Kier molecular flexibility index (Phi) is 4.72. The van der Waals surface area contributed by atoms with E-state index in [1.807, 2.05) is 22.8 Å². The van der Waals surface area contributed by atoms with Gasteiger partial charge in [-0.1, -0.05) is 35.3 Å². The van der Waals surface area contributed by atoms with E-state index in [4.69, 9.17) is 23.2 Å². The zero-order valence-corrected chi connectivity index (χ0v) is 17.1. The van der Waals surface area contributed by atoms with E-state index in [-0.39, 0.29) is 5.91 Å². The van der Waals surface area contributed by atoms with E-state index in [0.717, 1.165) is 17.1 Å². The molecule has 1 aliphatic heterocycles. The predicted molar refractivity (Wildman–Crippen MR) is 112 cm³/mol. The highest BCUT2D eigenvalue weighted by atomic mass is 35.5. The lowest BCUT2D eigenvalue weighted by molar-refractivity contribution is 0.0702. The van der Waals surface area contributed by atoms with Gasteiger partial charge in [0.05, 0.1) is 22.3 Å². The molecule has 0 saturated carbocycles. The Hall–Kier alpha value is -3.23. The summed E-state index contributed by atoms with van der Waals surface area (Å²) in [5.74, 6) is 1.28. The van der Waals surface area contributed by atoms with E-state index in [9.17, 15) is 4.79 Å². The number of aromatic nitrogens is 6. The smallest absolute Gasteiger partial charge is 0.272 e. The number of fused-ring (bicyclic) bond motifs is 1. The Bertz CT molecular complexity index is 1240. The number of rotatable bonds is 3. The molecule has 0 aliphatic carbocycles. The lowest BCUT2D eigenvalue weighted by atomic mass is 10.1. The molecule has 1 amide bonds. The van der Waals surface area contributed by atoms with Crippen molar-refractivity contribution >= 4 is 29.1 Å². The van der Waals surface area contributed by atoms with E-state index in [0.29, 0.717) is 46.9 Å². The summed E-state index contributed by atoms with van der Waals surface area (Å²) in [6.45, 7) is 1.48. The molecule has 8 nitrogen and oxygen atoms in total. The number of halogens is 2. The number of H-pyrrole nitrogens is 1. The first-order valence-corrected chi connectivity index (χ1v) is 9.99. The largest absolute Gasteiger partial charge is 0.328 e. The number of hydrogen-bond donors (Lipinski definition) is 1. The highest BCUT2D eigenvalue weighted by molar-refractivity contribution is 6.42. The van der Waals surface area contributed by atoms with Crippen molar-refractivity contribution < 1.29 is 4.79 Å². The van der Waals surface area contributed by atoms with Crippen LogP contribution in [0.4, 0.5) is 0 Å². The standard InChI is InChI=1S/C20H15Cl2N7O/c21-13-5-4-12(9-14(13)22)16-10-17(25-24-16)20(30)28-7-8-29-18(11-28)26-27-19(29)15-3-1-2-6-23-15/h1-6,9-10H,7-8,11H2,(H,24,25). The number of pyridine rings is 1. The second-order valence-electron chi connectivity index (χ2n) is 6.83. The van der Waals surface area contributed by atoms with Gasteiger partial charge in [0.25, 0.3) is 5.91 Å². The number of nitrogens with one attached hydrogen (secondary N) is 1. The molecule has 0 spiro atoms. The normalized spacial score (nSPS) is 13.3. The number of amides is 1. The summed E-state index contributed by atoms with van der Waals surface area (Å²) in [6.07, 6.45) is 1.72. The molecule has 4 aromatic rings. The Morgan fingerprint density at radius 1 is 1.00 bits per heavy atom. The van der Waals surface area contributed by atoms with Gasteiger partial charge in [0.1, 0.15) is 11.4 Å². The third kappa shape index (κ3) is 3.34. The average Bonchev–Trinajstić information content (AvgIpc) is 3.43. The van der Waals surface area contributed by atoms with Crippen LogP contribution in [0.15, 0.2) is 48.7 Å². The van der Waals surface area contributed by atoms with Crippen LogP contribution >= 0.6 is 23.2 Å². The fourth-order valence-electron chi connectivity index (χ4n) is 3.42. The summed E-state index contributed by atoms with van der Waals surface area (Å²) >= 11 is 12.1. The van der Waals surface area contributed by atoms with E-state index < -0.39 is 0 Å². The topological polar surface area (TPSA) is 92.6 Å². The Morgan fingerprint density at radius 3 is 2.70 bits per heavy atom. The molecule has 3 aromatic heterocycles. The van der Waals surface area contributed by atoms with Gasteiger partial charge in [-0.05, 0) is 30.3 Å². The number of carbonyl (C=O) groups is 1. The number of benzene rings is 1. The van der Waals surface area contributed by atoms with Crippen molar-refractivity contribution in [2.45, 2.75) is 13.1 Å². The van der Waals surface area contributed by atoms with Gasteiger partial charge in [0.15, 0.2) is 11.6 Å². The molecule has 0 radical (unpaired) electrons. The van der Waals surface area contributed by atoms with Crippen LogP contribution in [0.3, 0.4) is 0 Å². The minimum Gasteiger partial charge on any atom is -0.328 e. The molecule has 5 rings (SSSR count). The van der Waals surface area contributed by atoms with Gasteiger partial charge in [-0.3, -0.25) is 14.9 Å². The molecular weight excluding hydrogens is 425 g/mol. The molecule has 4 heterocycles. The van der Waals surface area contributed by atoms with Crippen LogP contribution in [0.1, 0.15) is 16.3 Å². The quantitative estimate of drug-likeness (QED) is 0.525. The first-order chi connectivity index (χ1) is 14.6. The monoisotopic (exact) mass is 439 g/mol. The maximum absolute atomic E-state index is 13.0. The zero-order valence-electron chi connectivity index (χ0n) is 15.6. The van der Waals surface area contributed by atoms with Crippen molar-refractivity contribution in [3.05, 3.63) is 70.2 Å². The number of nitrogens with zero attached hydrogens (tertiary/aromatic N) is 6. The molecule has 0 unspecified atom stereocenters. The molecule has 1 aliphatic rings. The lowest BCUT2D eigenvalue weighted by Gasteiger charge is -2.27. The van der Waals surface area contributed by atoms with Gasteiger partial charge in [-0.2, -0.15) is 5.10 Å². The molecule has 150 valence electrons. The molecule has 1 aromatic carbocycles. The lowest BCUT2D eigenvalue weighted by Crippen LogP contribution is -2.38. The molecule has 0 bridgehead atoms. The summed E-state index contributed by atoms with van der Waals surface area (Å²) in [5, 5.41) is 16.5.